The van der Waals surface area contributed by atoms with Gasteiger partial charge < -0.3 is 10.5 Å². The molecule has 1 aromatic carbocycles. The fraction of sp³-hybridized carbons (Fsp3) is 0.0909. The largest absolute Gasteiger partial charge is 0.437 e. The number of halogens is 2. The van der Waals surface area contributed by atoms with Crippen LogP contribution in [0.4, 0.5) is 5.69 Å². The van der Waals surface area contributed by atoms with Crippen LogP contribution < -0.4 is 10.5 Å². The Morgan fingerprint density at radius 1 is 1.12 bits per heavy atom. The van der Waals surface area contributed by atoms with Gasteiger partial charge in [-0.05, 0) is 13.0 Å². The van der Waals surface area contributed by atoms with E-state index in [0.717, 1.165) is 5.69 Å². The molecule has 0 spiro atoms. The Morgan fingerprint density at radius 3 is 2.53 bits per heavy atom. The van der Waals surface area contributed by atoms with E-state index >= 15 is 0 Å². The number of benzene rings is 1. The number of aromatic nitrogens is 2. The van der Waals surface area contributed by atoms with Crippen LogP contribution in [0, 0.1) is 6.92 Å². The quantitative estimate of drug-likeness (QED) is 0.849. The molecule has 0 fully saturated rings. The van der Waals surface area contributed by atoms with Crippen molar-refractivity contribution in [1.29, 1.82) is 0 Å². The van der Waals surface area contributed by atoms with Crippen molar-refractivity contribution in [1.82, 2.24) is 9.97 Å². The van der Waals surface area contributed by atoms with E-state index in [1.165, 1.54) is 12.4 Å². The van der Waals surface area contributed by atoms with Crippen LogP contribution >= 0.6 is 23.2 Å². The summed E-state index contributed by atoms with van der Waals surface area (Å²) in [4.78, 5) is 7.93. The standard InChI is InChI=1S/C11H9Cl2N3O/c1-6-2-11(16-5-15-6)17-10-4-8(13)7(12)3-9(10)14/h2-5H,14H2,1H3. The number of nitrogen functional groups attached to an aromatic ring is 1. The van der Waals surface area contributed by atoms with Crippen LogP contribution in [-0.4, -0.2) is 9.97 Å². The maximum Gasteiger partial charge on any atom is 0.222 e. The molecule has 88 valence electrons. The summed E-state index contributed by atoms with van der Waals surface area (Å²) in [5.74, 6) is 0.820. The Hall–Kier alpha value is -1.52. The van der Waals surface area contributed by atoms with E-state index in [-0.39, 0.29) is 0 Å². The molecular formula is C11H9Cl2N3O. The molecule has 0 bridgehead atoms. The third kappa shape index (κ3) is 2.78. The fourth-order valence-corrected chi connectivity index (χ4v) is 1.56. The summed E-state index contributed by atoms with van der Waals surface area (Å²) >= 11 is 11.7. The predicted molar refractivity (Wildman–Crippen MR) is 67.7 cm³/mol. The van der Waals surface area contributed by atoms with E-state index in [1.807, 2.05) is 6.92 Å². The van der Waals surface area contributed by atoms with E-state index in [9.17, 15) is 0 Å². The Labute approximate surface area is 108 Å². The van der Waals surface area contributed by atoms with Crippen LogP contribution in [0.15, 0.2) is 24.5 Å². The van der Waals surface area contributed by atoms with Crippen molar-refractivity contribution in [2.75, 3.05) is 5.73 Å². The molecule has 0 amide bonds. The highest BCUT2D eigenvalue weighted by atomic mass is 35.5. The third-order valence-corrected chi connectivity index (χ3v) is 2.77. The van der Waals surface area contributed by atoms with Gasteiger partial charge in [0.1, 0.15) is 6.33 Å². The lowest BCUT2D eigenvalue weighted by molar-refractivity contribution is 0.463. The summed E-state index contributed by atoms with van der Waals surface area (Å²) in [7, 11) is 0. The molecule has 2 aromatic rings. The molecule has 0 saturated carbocycles. The van der Waals surface area contributed by atoms with Gasteiger partial charge in [-0.15, -0.1) is 0 Å². The second-order valence-electron chi connectivity index (χ2n) is 3.40. The van der Waals surface area contributed by atoms with Gasteiger partial charge in [-0.2, -0.15) is 0 Å². The van der Waals surface area contributed by atoms with Gasteiger partial charge >= 0.3 is 0 Å². The highest BCUT2D eigenvalue weighted by molar-refractivity contribution is 6.42. The van der Waals surface area contributed by atoms with E-state index in [2.05, 4.69) is 9.97 Å². The molecule has 0 aliphatic rings. The van der Waals surface area contributed by atoms with Crippen molar-refractivity contribution in [2.45, 2.75) is 6.92 Å². The summed E-state index contributed by atoms with van der Waals surface area (Å²) in [5, 5.41) is 0.761. The minimum atomic E-state index is 0.377. The van der Waals surface area contributed by atoms with Crippen LogP contribution in [0.2, 0.25) is 10.0 Å². The lowest BCUT2D eigenvalue weighted by Crippen LogP contribution is -1.95. The van der Waals surface area contributed by atoms with Gasteiger partial charge in [0.15, 0.2) is 5.75 Å². The van der Waals surface area contributed by atoms with Crippen molar-refractivity contribution in [2.24, 2.45) is 0 Å². The number of nitrogens with zero attached hydrogens (tertiary/aromatic N) is 2. The van der Waals surface area contributed by atoms with Gasteiger partial charge in [0.2, 0.25) is 5.88 Å². The molecule has 0 radical (unpaired) electrons. The Balaban J connectivity index is 2.33. The maximum atomic E-state index is 5.88. The molecule has 4 nitrogen and oxygen atoms in total. The highest BCUT2D eigenvalue weighted by Gasteiger charge is 2.08. The Morgan fingerprint density at radius 2 is 1.82 bits per heavy atom. The lowest BCUT2D eigenvalue weighted by Gasteiger charge is -2.08. The highest BCUT2D eigenvalue weighted by Crippen LogP contribution is 2.34. The van der Waals surface area contributed by atoms with Crippen molar-refractivity contribution < 1.29 is 4.74 Å². The SMILES string of the molecule is Cc1cc(Oc2cc(Cl)c(Cl)cc2N)ncn1. The van der Waals surface area contributed by atoms with Crippen LogP contribution in [-0.2, 0) is 0 Å². The van der Waals surface area contributed by atoms with E-state index < -0.39 is 0 Å². The Kier molecular flexibility index (Phi) is 3.36. The van der Waals surface area contributed by atoms with E-state index in [1.54, 1.807) is 12.1 Å². The molecule has 0 aliphatic carbocycles. The first-order chi connectivity index (χ1) is 8.06. The zero-order valence-electron chi connectivity index (χ0n) is 8.95. The first-order valence-corrected chi connectivity index (χ1v) is 5.53. The Bertz CT molecular complexity index is 560. The minimum Gasteiger partial charge on any atom is -0.437 e. The molecular weight excluding hydrogens is 261 g/mol. The maximum absolute atomic E-state index is 5.88. The summed E-state index contributed by atoms with van der Waals surface area (Å²) in [6, 6.07) is 4.78. The molecule has 1 heterocycles. The van der Waals surface area contributed by atoms with Crippen LogP contribution in [0.3, 0.4) is 0 Å². The monoisotopic (exact) mass is 269 g/mol. The van der Waals surface area contributed by atoms with E-state index in [0.29, 0.717) is 27.4 Å². The summed E-state index contributed by atoms with van der Waals surface area (Å²) in [5.41, 5.74) is 6.96. The van der Waals surface area contributed by atoms with Crippen molar-refractivity contribution in [3.05, 3.63) is 40.3 Å². The van der Waals surface area contributed by atoms with Crippen LogP contribution in [0.5, 0.6) is 11.6 Å². The second-order valence-corrected chi connectivity index (χ2v) is 4.22. The topological polar surface area (TPSA) is 61.0 Å². The molecule has 2 N–H and O–H groups in total. The summed E-state index contributed by atoms with van der Waals surface area (Å²) in [6.07, 6.45) is 1.42. The number of anilines is 1. The fourth-order valence-electron chi connectivity index (χ4n) is 1.23. The normalized spacial score (nSPS) is 10.3. The van der Waals surface area contributed by atoms with Gasteiger partial charge in [-0.3, -0.25) is 0 Å². The van der Waals surface area contributed by atoms with Gasteiger partial charge in [0.05, 0.1) is 15.7 Å². The van der Waals surface area contributed by atoms with Crippen molar-refractivity contribution >= 4 is 28.9 Å². The van der Waals surface area contributed by atoms with Gasteiger partial charge in [0.25, 0.3) is 0 Å². The molecule has 17 heavy (non-hydrogen) atoms. The summed E-state index contributed by atoms with van der Waals surface area (Å²) < 4.78 is 5.51. The zero-order chi connectivity index (χ0) is 12.4. The first kappa shape index (κ1) is 12.0. The number of ether oxygens (including phenoxy) is 1. The van der Waals surface area contributed by atoms with Crippen LogP contribution in [0.1, 0.15) is 5.69 Å². The number of aryl methyl sites for hydroxylation is 1. The van der Waals surface area contributed by atoms with Gasteiger partial charge in [0, 0.05) is 17.8 Å². The predicted octanol–water partition coefficient (Wildman–Crippen LogP) is 3.47. The molecule has 0 atom stereocenters. The number of nitrogens with two attached hydrogens (primary N) is 1. The van der Waals surface area contributed by atoms with Gasteiger partial charge in [-0.25, -0.2) is 9.97 Å². The second kappa shape index (κ2) is 4.77. The lowest BCUT2D eigenvalue weighted by atomic mass is 10.3. The molecule has 2 rings (SSSR count). The van der Waals surface area contributed by atoms with Crippen LogP contribution in [0.25, 0.3) is 0 Å². The number of hydrogen-bond acceptors (Lipinski definition) is 4. The zero-order valence-corrected chi connectivity index (χ0v) is 10.5. The van der Waals surface area contributed by atoms with Crippen molar-refractivity contribution in [3.63, 3.8) is 0 Å². The molecule has 0 saturated heterocycles. The molecule has 0 unspecified atom stereocenters. The third-order valence-electron chi connectivity index (χ3n) is 2.05. The minimum absolute atomic E-state index is 0.377. The average Bonchev–Trinajstić information content (AvgIpc) is 2.26. The smallest absolute Gasteiger partial charge is 0.222 e. The average molecular weight is 270 g/mol. The summed E-state index contributed by atoms with van der Waals surface area (Å²) in [6.45, 7) is 1.84. The van der Waals surface area contributed by atoms with Gasteiger partial charge in [-0.1, -0.05) is 23.2 Å². The number of hydrogen-bond donors (Lipinski definition) is 1. The first-order valence-electron chi connectivity index (χ1n) is 4.77. The van der Waals surface area contributed by atoms with Crippen molar-refractivity contribution in [3.8, 4) is 11.6 Å². The number of rotatable bonds is 2. The molecule has 1 aromatic heterocycles. The van der Waals surface area contributed by atoms with E-state index in [4.69, 9.17) is 33.7 Å². The molecule has 0 aliphatic heterocycles. The molecule has 6 heteroatoms.